The molecule has 90 valence electrons. The molecule has 1 unspecified atom stereocenters. The number of carbonyl (C=O) groups is 1. The molecule has 1 amide bonds. The van der Waals surface area contributed by atoms with E-state index in [9.17, 15) is 9.90 Å². The number of allylic oxidation sites excluding steroid dienone is 1. The number of aliphatic hydroxyl groups is 1. The molecule has 4 heteroatoms. The molecule has 2 N–H and O–H groups in total. The Balaban J connectivity index is 2.72. The van der Waals surface area contributed by atoms with Crippen LogP contribution in [-0.4, -0.2) is 40.4 Å². The van der Waals surface area contributed by atoms with Crippen molar-refractivity contribution in [2.75, 3.05) is 13.1 Å². The van der Waals surface area contributed by atoms with Crippen molar-refractivity contribution in [3.05, 3.63) is 25.3 Å². The summed E-state index contributed by atoms with van der Waals surface area (Å²) in [6, 6.07) is 0. The Morgan fingerprint density at radius 1 is 1.44 bits per heavy atom. The topological polar surface area (TPSA) is 60.8 Å². The molecule has 1 aliphatic rings. The van der Waals surface area contributed by atoms with Crippen LogP contribution in [0.5, 0.6) is 0 Å². The second kappa shape index (κ2) is 5.16. The highest BCUT2D eigenvalue weighted by Gasteiger charge is 2.39. The molecule has 1 atom stereocenters. The Labute approximate surface area is 95.9 Å². The third-order valence-electron chi connectivity index (χ3n) is 3.43. The molecule has 0 aromatic rings. The standard InChI is InChI=1S/C12H19NO3/c1-3-5-12(10(14)4-2)6-8-13(9-7-12)11(15)16/h3-4,10,14H,1-2,5-9H2,(H,15,16). The van der Waals surface area contributed by atoms with E-state index >= 15 is 0 Å². The van der Waals surface area contributed by atoms with Crippen molar-refractivity contribution in [2.45, 2.75) is 25.4 Å². The summed E-state index contributed by atoms with van der Waals surface area (Å²) in [7, 11) is 0. The van der Waals surface area contributed by atoms with E-state index in [0.29, 0.717) is 32.4 Å². The van der Waals surface area contributed by atoms with Gasteiger partial charge in [-0.25, -0.2) is 4.79 Å². The molecule has 4 nitrogen and oxygen atoms in total. The lowest BCUT2D eigenvalue weighted by Crippen LogP contribution is -2.47. The molecule has 1 rings (SSSR count). The van der Waals surface area contributed by atoms with Crippen LogP contribution < -0.4 is 0 Å². The summed E-state index contributed by atoms with van der Waals surface area (Å²) in [5.74, 6) is 0. The molecule has 16 heavy (non-hydrogen) atoms. The number of hydrogen-bond donors (Lipinski definition) is 2. The minimum absolute atomic E-state index is 0.282. The quantitative estimate of drug-likeness (QED) is 0.718. The summed E-state index contributed by atoms with van der Waals surface area (Å²) in [5, 5.41) is 18.8. The van der Waals surface area contributed by atoms with Crippen molar-refractivity contribution in [1.29, 1.82) is 0 Å². The Bertz CT molecular complexity index is 280. The summed E-state index contributed by atoms with van der Waals surface area (Å²) in [5.41, 5.74) is -0.282. The van der Waals surface area contributed by atoms with Gasteiger partial charge in [-0.1, -0.05) is 12.2 Å². The van der Waals surface area contributed by atoms with Crippen LogP contribution in [0.3, 0.4) is 0 Å². The maximum absolute atomic E-state index is 10.8. The lowest BCUT2D eigenvalue weighted by molar-refractivity contribution is 0.00765. The van der Waals surface area contributed by atoms with Gasteiger partial charge in [0.25, 0.3) is 0 Å². The molecule has 1 fully saturated rings. The highest BCUT2D eigenvalue weighted by molar-refractivity contribution is 5.65. The molecule has 0 spiro atoms. The van der Waals surface area contributed by atoms with Crippen LogP contribution in [0.25, 0.3) is 0 Å². The average Bonchev–Trinajstić information content (AvgIpc) is 2.29. The van der Waals surface area contributed by atoms with Gasteiger partial charge >= 0.3 is 6.09 Å². The van der Waals surface area contributed by atoms with E-state index in [1.165, 1.54) is 11.0 Å². The number of nitrogens with zero attached hydrogens (tertiary/aromatic N) is 1. The molecule has 0 aliphatic carbocycles. The first-order valence-electron chi connectivity index (χ1n) is 5.45. The molecule has 0 aromatic carbocycles. The molecule has 1 aliphatic heterocycles. The number of aliphatic hydroxyl groups excluding tert-OH is 1. The van der Waals surface area contributed by atoms with Crippen LogP contribution in [0, 0.1) is 5.41 Å². The number of amides is 1. The molecule has 0 radical (unpaired) electrons. The molecular formula is C12H19NO3. The fourth-order valence-corrected chi connectivity index (χ4v) is 2.30. The second-order valence-electron chi connectivity index (χ2n) is 4.31. The Kier molecular flexibility index (Phi) is 4.12. The van der Waals surface area contributed by atoms with E-state index in [0.717, 1.165) is 0 Å². The summed E-state index contributed by atoms with van der Waals surface area (Å²) in [6.45, 7) is 8.23. The van der Waals surface area contributed by atoms with Gasteiger partial charge in [-0.15, -0.1) is 13.2 Å². The SMILES string of the molecule is C=CCC1(C(O)C=C)CCN(C(=O)O)CC1. The van der Waals surface area contributed by atoms with Crippen molar-refractivity contribution < 1.29 is 15.0 Å². The van der Waals surface area contributed by atoms with Gasteiger partial charge in [-0.05, 0) is 19.3 Å². The van der Waals surface area contributed by atoms with Gasteiger partial charge in [-0.3, -0.25) is 0 Å². The highest BCUT2D eigenvalue weighted by atomic mass is 16.4. The zero-order valence-electron chi connectivity index (χ0n) is 9.43. The Morgan fingerprint density at radius 3 is 2.38 bits per heavy atom. The molecular weight excluding hydrogens is 206 g/mol. The van der Waals surface area contributed by atoms with Gasteiger partial charge in [0.2, 0.25) is 0 Å². The van der Waals surface area contributed by atoms with E-state index in [1.54, 1.807) is 6.08 Å². The van der Waals surface area contributed by atoms with E-state index < -0.39 is 12.2 Å². The minimum atomic E-state index is -0.889. The molecule has 0 saturated carbocycles. The van der Waals surface area contributed by atoms with Crippen LogP contribution >= 0.6 is 0 Å². The predicted molar refractivity (Wildman–Crippen MR) is 62.3 cm³/mol. The minimum Gasteiger partial charge on any atom is -0.465 e. The smallest absolute Gasteiger partial charge is 0.407 e. The molecule has 1 heterocycles. The van der Waals surface area contributed by atoms with Crippen molar-refractivity contribution in [3.8, 4) is 0 Å². The van der Waals surface area contributed by atoms with Crippen LogP contribution in [0.4, 0.5) is 4.79 Å². The fraction of sp³-hybridized carbons (Fsp3) is 0.583. The lowest BCUT2D eigenvalue weighted by atomic mass is 9.71. The lowest BCUT2D eigenvalue weighted by Gasteiger charge is -2.42. The number of carboxylic acid groups (broad SMARTS) is 1. The Hall–Kier alpha value is -1.29. The maximum atomic E-state index is 10.8. The van der Waals surface area contributed by atoms with Crippen LogP contribution in [0.2, 0.25) is 0 Å². The van der Waals surface area contributed by atoms with Gasteiger partial charge in [0.05, 0.1) is 6.10 Å². The van der Waals surface area contributed by atoms with Crippen molar-refractivity contribution in [3.63, 3.8) is 0 Å². The molecule has 0 aromatic heterocycles. The van der Waals surface area contributed by atoms with Crippen molar-refractivity contribution in [2.24, 2.45) is 5.41 Å². The largest absolute Gasteiger partial charge is 0.465 e. The first-order valence-corrected chi connectivity index (χ1v) is 5.45. The van der Waals surface area contributed by atoms with Crippen LogP contribution in [0.1, 0.15) is 19.3 Å². The fourth-order valence-electron chi connectivity index (χ4n) is 2.30. The van der Waals surface area contributed by atoms with Crippen LogP contribution in [0.15, 0.2) is 25.3 Å². The van der Waals surface area contributed by atoms with Gasteiger partial charge < -0.3 is 15.1 Å². The number of rotatable bonds is 4. The molecule has 1 saturated heterocycles. The van der Waals surface area contributed by atoms with Gasteiger partial charge in [0.15, 0.2) is 0 Å². The monoisotopic (exact) mass is 225 g/mol. The first-order chi connectivity index (χ1) is 7.55. The maximum Gasteiger partial charge on any atom is 0.407 e. The van der Waals surface area contributed by atoms with Crippen molar-refractivity contribution in [1.82, 2.24) is 4.90 Å². The third kappa shape index (κ3) is 2.44. The number of likely N-dealkylation sites (tertiary alicyclic amines) is 1. The Morgan fingerprint density at radius 2 is 2.00 bits per heavy atom. The molecule has 0 bridgehead atoms. The van der Waals surface area contributed by atoms with Crippen LogP contribution in [-0.2, 0) is 0 Å². The zero-order chi connectivity index (χ0) is 12.2. The number of piperidine rings is 1. The van der Waals surface area contributed by atoms with Gasteiger partial charge in [-0.2, -0.15) is 0 Å². The average molecular weight is 225 g/mol. The zero-order valence-corrected chi connectivity index (χ0v) is 9.43. The van der Waals surface area contributed by atoms with E-state index in [4.69, 9.17) is 5.11 Å². The number of hydrogen-bond acceptors (Lipinski definition) is 2. The normalized spacial score (nSPS) is 21.2. The van der Waals surface area contributed by atoms with E-state index in [-0.39, 0.29) is 5.41 Å². The van der Waals surface area contributed by atoms with E-state index in [1.807, 2.05) is 0 Å². The summed E-state index contributed by atoms with van der Waals surface area (Å²) >= 11 is 0. The van der Waals surface area contributed by atoms with E-state index in [2.05, 4.69) is 13.2 Å². The highest BCUT2D eigenvalue weighted by Crippen LogP contribution is 2.39. The van der Waals surface area contributed by atoms with Gasteiger partial charge in [0.1, 0.15) is 0 Å². The predicted octanol–water partition coefficient (Wildman–Crippen LogP) is 1.87. The third-order valence-corrected chi connectivity index (χ3v) is 3.43. The summed E-state index contributed by atoms with van der Waals surface area (Å²) in [6.07, 6.45) is 3.81. The summed E-state index contributed by atoms with van der Waals surface area (Å²) < 4.78 is 0. The summed E-state index contributed by atoms with van der Waals surface area (Å²) in [4.78, 5) is 12.2. The van der Waals surface area contributed by atoms with Gasteiger partial charge in [0, 0.05) is 18.5 Å². The first kappa shape index (κ1) is 12.8. The van der Waals surface area contributed by atoms with Crippen molar-refractivity contribution >= 4 is 6.09 Å². The second-order valence-corrected chi connectivity index (χ2v) is 4.31.